The fourth-order valence-electron chi connectivity index (χ4n) is 2.26. The van der Waals surface area contributed by atoms with E-state index >= 15 is 0 Å². The molecule has 0 saturated carbocycles. The van der Waals surface area contributed by atoms with Crippen LogP contribution in [0.25, 0.3) is 0 Å². The van der Waals surface area contributed by atoms with Crippen LogP contribution in [-0.2, 0) is 17.7 Å². The molecule has 6 heteroatoms. The van der Waals surface area contributed by atoms with Gasteiger partial charge in [0.2, 0.25) is 0 Å². The van der Waals surface area contributed by atoms with Crippen molar-refractivity contribution in [1.29, 1.82) is 0 Å². The van der Waals surface area contributed by atoms with E-state index in [0.29, 0.717) is 11.4 Å². The Morgan fingerprint density at radius 1 is 1.14 bits per heavy atom. The summed E-state index contributed by atoms with van der Waals surface area (Å²) < 4.78 is 38.7. The molecular weight excluding hydrogens is 306 g/mol. The molecule has 2 heterocycles. The average Bonchev–Trinajstić information content (AvgIpc) is 2.99. The molecule has 0 bridgehead atoms. The predicted molar refractivity (Wildman–Crippen MR) is 79.4 cm³/mol. The van der Waals surface area contributed by atoms with Crippen molar-refractivity contribution in [3.63, 3.8) is 0 Å². The zero-order valence-corrected chi connectivity index (χ0v) is 12.5. The summed E-state index contributed by atoms with van der Waals surface area (Å²) >= 11 is -1.65. The molecule has 1 aromatic carbocycles. The van der Waals surface area contributed by atoms with Crippen LogP contribution in [0.3, 0.4) is 0 Å². The Hall–Kier alpha value is -1.92. The Labute approximate surface area is 130 Å². The fourth-order valence-corrected chi connectivity index (χ4v) is 3.32. The van der Waals surface area contributed by atoms with Crippen LogP contribution in [0, 0.1) is 11.6 Å². The highest BCUT2D eigenvalue weighted by Gasteiger charge is 2.18. The lowest BCUT2D eigenvalue weighted by molar-refractivity contribution is 0.394. The average molecular weight is 320 g/mol. The smallest absolute Gasteiger partial charge is 0.176 e. The third-order valence-electron chi connectivity index (χ3n) is 3.33. The first-order chi connectivity index (χ1) is 10.6. The van der Waals surface area contributed by atoms with Crippen LogP contribution in [-0.4, -0.2) is 21.0 Å². The first-order valence-electron chi connectivity index (χ1n) is 6.85. The van der Waals surface area contributed by atoms with Gasteiger partial charge in [-0.25, -0.2) is 8.78 Å². The van der Waals surface area contributed by atoms with E-state index in [2.05, 4.69) is 16.0 Å². The first kappa shape index (κ1) is 15.0. The van der Waals surface area contributed by atoms with E-state index in [9.17, 15) is 13.3 Å². The Kier molecular flexibility index (Phi) is 4.40. The number of nitrogens with zero attached hydrogens (tertiary/aromatic N) is 2. The lowest BCUT2D eigenvalue weighted by atomic mass is 10.3. The van der Waals surface area contributed by atoms with Crippen LogP contribution >= 0.6 is 0 Å². The molecule has 0 amide bonds. The van der Waals surface area contributed by atoms with Crippen molar-refractivity contribution < 1.29 is 13.3 Å². The topological polar surface area (TPSA) is 39.2 Å². The minimum Gasteiger partial charge on any atom is -0.606 e. The van der Waals surface area contributed by atoms with E-state index in [1.165, 1.54) is 6.20 Å². The van der Waals surface area contributed by atoms with Crippen LogP contribution in [0.15, 0.2) is 58.6 Å². The lowest BCUT2D eigenvalue weighted by Gasteiger charge is -2.15. The van der Waals surface area contributed by atoms with Gasteiger partial charge in [0.25, 0.3) is 0 Å². The van der Waals surface area contributed by atoms with Gasteiger partial charge in [-0.05, 0) is 24.8 Å². The minimum absolute atomic E-state index is 0.0922. The molecule has 2 aromatic rings. The van der Waals surface area contributed by atoms with E-state index in [-0.39, 0.29) is 4.90 Å². The van der Waals surface area contributed by atoms with Crippen LogP contribution in [0.1, 0.15) is 12.1 Å². The highest BCUT2D eigenvalue weighted by atomic mass is 32.2. The van der Waals surface area contributed by atoms with Gasteiger partial charge in [0.1, 0.15) is 11.6 Å². The second-order valence-corrected chi connectivity index (χ2v) is 6.48. The second-order valence-electron chi connectivity index (χ2n) is 5.00. The molecule has 0 aliphatic carbocycles. The molecule has 0 radical (unpaired) electrons. The molecule has 0 saturated heterocycles. The van der Waals surface area contributed by atoms with E-state index in [1.807, 2.05) is 6.20 Å². The maximum Gasteiger partial charge on any atom is 0.176 e. The Balaban J connectivity index is 1.75. The summed E-state index contributed by atoms with van der Waals surface area (Å²) in [5.41, 5.74) is 0.859. The van der Waals surface area contributed by atoms with Gasteiger partial charge in [-0.2, -0.15) is 0 Å². The summed E-state index contributed by atoms with van der Waals surface area (Å²) in [6.45, 7) is 1.66. The second kappa shape index (κ2) is 6.46. The number of pyridine rings is 1. The standard InChI is InChI=1S/C16H14F2N2OS/c17-12-7-13(18)9-16(8-12)22(21)15-4-3-14(19-10-15)11-20-5-1-2-6-20/h1,3-5,7-10H,2,6,11H2. The fraction of sp³-hybridized carbons (Fsp3) is 0.188. The van der Waals surface area contributed by atoms with Gasteiger partial charge in [-0.1, -0.05) is 6.08 Å². The maximum atomic E-state index is 13.2. The Morgan fingerprint density at radius 2 is 1.91 bits per heavy atom. The van der Waals surface area contributed by atoms with E-state index in [4.69, 9.17) is 0 Å². The summed E-state index contributed by atoms with van der Waals surface area (Å²) in [7, 11) is 0. The molecule has 3 rings (SSSR count). The highest BCUT2D eigenvalue weighted by molar-refractivity contribution is 7.91. The Morgan fingerprint density at radius 3 is 2.50 bits per heavy atom. The number of hydrogen-bond donors (Lipinski definition) is 0. The van der Waals surface area contributed by atoms with Gasteiger partial charge in [0, 0.05) is 35.9 Å². The maximum absolute atomic E-state index is 13.2. The van der Waals surface area contributed by atoms with Gasteiger partial charge in [-0.15, -0.1) is 0 Å². The molecule has 1 unspecified atom stereocenters. The molecule has 114 valence electrons. The van der Waals surface area contributed by atoms with Crippen LogP contribution in [0.4, 0.5) is 8.78 Å². The SMILES string of the molecule is [O-][S+](c1ccc(CN2C=CCC2)nc1)c1cc(F)cc(F)c1. The Bertz CT molecular complexity index is 671. The molecule has 22 heavy (non-hydrogen) atoms. The summed E-state index contributed by atoms with van der Waals surface area (Å²) in [6.07, 6.45) is 6.66. The van der Waals surface area contributed by atoms with Crippen molar-refractivity contribution >= 4 is 11.2 Å². The molecule has 1 atom stereocenters. The zero-order valence-electron chi connectivity index (χ0n) is 11.7. The van der Waals surface area contributed by atoms with Gasteiger partial charge in [0.05, 0.1) is 18.4 Å². The quantitative estimate of drug-likeness (QED) is 0.812. The third kappa shape index (κ3) is 3.45. The summed E-state index contributed by atoms with van der Waals surface area (Å²) in [6, 6.07) is 6.37. The number of hydrogen-bond acceptors (Lipinski definition) is 3. The highest BCUT2D eigenvalue weighted by Crippen LogP contribution is 2.22. The lowest BCUT2D eigenvalue weighted by Crippen LogP contribution is -2.14. The van der Waals surface area contributed by atoms with Crippen molar-refractivity contribution in [2.24, 2.45) is 0 Å². The van der Waals surface area contributed by atoms with Gasteiger partial charge < -0.3 is 9.45 Å². The van der Waals surface area contributed by atoms with Gasteiger partial charge >= 0.3 is 0 Å². The van der Waals surface area contributed by atoms with Gasteiger partial charge in [-0.3, -0.25) is 4.98 Å². The van der Waals surface area contributed by atoms with Crippen LogP contribution in [0.2, 0.25) is 0 Å². The van der Waals surface area contributed by atoms with Crippen LogP contribution in [0.5, 0.6) is 0 Å². The molecule has 0 fully saturated rings. The largest absolute Gasteiger partial charge is 0.606 e. The van der Waals surface area contributed by atoms with E-state index in [1.54, 1.807) is 12.1 Å². The number of aromatic nitrogens is 1. The number of halogens is 2. The zero-order chi connectivity index (χ0) is 15.5. The minimum atomic E-state index is -1.65. The van der Waals surface area contributed by atoms with Crippen molar-refractivity contribution in [2.45, 2.75) is 22.8 Å². The summed E-state index contributed by atoms with van der Waals surface area (Å²) in [4.78, 5) is 6.93. The normalized spacial score (nSPS) is 15.3. The van der Waals surface area contributed by atoms with Gasteiger partial charge in [0.15, 0.2) is 9.79 Å². The molecule has 3 nitrogen and oxygen atoms in total. The number of benzene rings is 1. The van der Waals surface area contributed by atoms with Crippen molar-refractivity contribution in [3.05, 3.63) is 66.1 Å². The molecule has 1 aromatic heterocycles. The van der Waals surface area contributed by atoms with E-state index < -0.39 is 22.8 Å². The number of rotatable bonds is 4. The van der Waals surface area contributed by atoms with Crippen molar-refractivity contribution in [3.8, 4) is 0 Å². The molecule has 0 N–H and O–H groups in total. The monoisotopic (exact) mass is 320 g/mol. The third-order valence-corrected chi connectivity index (χ3v) is 4.66. The molecule has 1 aliphatic heterocycles. The summed E-state index contributed by atoms with van der Waals surface area (Å²) in [5, 5.41) is 0. The summed E-state index contributed by atoms with van der Waals surface area (Å²) in [5.74, 6) is -1.48. The van der Waals surface area contributed by atoms with Crippen LogP contribution < -0.4 is 0 Å². The first-order valence-corrected chi connectivity index (χ1v) is 8.00. The van der Waals surface area contributed by atoms with Crippen molar-refractivity contribution in [2.75, 3.05) is 6.54 Å². The molecule has 1 aliphatic rings. The predicted octanol–water partition coefficient (Wildman–Crippen LogP) is 3.25. The molecular formula is C16H14F2N2OS. The van der Waals surface area contributed by atoms with Crippen molar-refractivity contribution in [1.82, 2.24) is 9.88 Å². The molecule has 0 spiro atoms. The van der Waals surface area contributed by atoms with E-state index in [0.717, 1.165) is 36.9 Å².